The molecule has 32 heavy (non-hydrogen) atoms. The van der Waals surface area contributed by atoms with E-state index in [4.69, 9.17) is 4.74 Å². The Balaban J connectivity index is 1.37. The number of thiazole rings is 1. The van der Waals surface area contributed by atoms with Gasteiger partial charge < -0.3 is 4.74 Å². The first kappa shape index (κ1) is 21.4. The van der Waals surface area contributed by atoms with E-state index in [2.05, 4.69) is 10.3 Å². The van der Waals surface area contributed by atoms with Crippen molar-refractivity contribution in [1.29, 1.82) is 0 Å². The van der Waals surface area contributed by atoms with Crippen LogP contribution in [0.25, 0.3) is 11.3 Å². The number of carbonyl (C=O) groups is 2. The molecule has 7 heteroatoms. The van der Waals surface area contributed by atoms with Crippen LogP contribution >= 0.6 is 11.3 Å². The van der Waals surface area contributed by atoms with Gasteiger partial charge in [0, 0.05) is 16.5 Å². The summed E-state index contributed by atoms with van der Waals surface area (Å²) in [4.78, 5) is 29.3. The molecule has 0 bridgehead atoms. The van der Waals surface area contributed by atoms with Crippen LogP contribution in [0.3, 0.4) is 0 Å². The maximum atomic E-state index is 13.9. The molecule has 4 aromatic rings. The lowest BCUT2D eigenvalue weighted by atomic mass is 10.0. The maximum Gasteiger partial charge on any atom is 0.264 e. The third-order valence-electron chi connectivity index (χ3n) is 4.73. The van der Waals surface area contributed by atoms with Crippen molar-refractivity contribution < 1.29 is 18.7 Å². The van der Waals surface area contributed by atoms with Gasteiger partial charge in [-0.15, -0.1) is 11.3 Å². The van der Waals surface area contributed by atoms with Crippen LogP contribution in [-0.4, -0.2) is 23.3 Å². The molecule has 0 saturated carbocycles. The van der Waals surface area contributed by atoms with Crippen molar-refractivity contribution in [3.8, 4) is 17.0 Å². The summed E-state index contributed by atoms with van der Waals surface area (Å²) < 4.78 is 19.5. The first-order valence-electron chi connectivity index (χ1n) is 9.85. The molecule has 160 valence electrons. The van der Waals surface area contributed by atoms with E-state index >= 15 is 0 Å². The van der Waals surface area contributed by atoms with E-state index < -0.39 is 11.6 Å². The monoisotopic (exact) mass is 446 g/mol. The summed E-state index contributed by atoms with van der Waals surface area (Å²) in [5, 5.41) is 5.09. The van der Waals surface area contributed by atoms with Gasteiger partial charge in [0.15, 0.2) is 17.5 Å². The summed E-state index contributed by atoms with van der Waals surface area (Å²) in [6, 6.07) is 20.3. The molecule has 0 fully saturated rings. The fourth-order valence-corrected chi connectivity index (χ4v) is 3.86. The Bertz CT molecular complexity index is 1270. The van der Waals surface area contributed by atoms with Gasteiger partial charge >= 0.3 is 0 Å². The van der Waals surface area contributed by atoms with Gasteiger partial charge in [0.1, 0.15) is 11.6 Å². The highest BCUT2D eigenvalue weighted by Crippen LogP contribution is 2.25. The number of anilines is 1. The second-order valence-electron chi connectivity index (χ2n) is 7.03. The van der Waals surface area contributed by atoms with Crippen molar-refractivity contribution >= 4 is 28.2 Å². The Morgan fingerprint density at radius 3 is 2.53 bits per heavy atom. The van der Waals surface area contributed by atoms with E-state index in [1.807, 2.05) is 35.7 Å². The third kappa shape index (κ3) is 4.90. The zero-order valence-corrected chi connectivity index (χ0v) is 18.0. The van der Waals surface area contributed by atoms with Crippen LogP contribution in [0.15, 0.2) is 78.2 Å². The SMILES string of the molecule is Cc1cc(C(=O)c2ccccc2F)ccc1OCC(=O)Nc1nc(-c2ccccc2)cs1. The minimum atomic E-state index is -0.565. The molecule has 0 aliphatic carbocycles. The van der Waals surface area contributed by atoms with Gasteiger partial charge in [-0.05, 0) is 42.8 Å². The van der Waals surface area contributed by atoms with Crippen LogP contribution < -0.4 is 10.1 Å². The average Bonchev–Trinajstić information content (AvgIpc) is 3.27. The second kappa shape index (κ2) is 9.53. The zero-order chi connectivity index (χ0) is 22.5. The number of aromatic nitrogens is 1. The molecule has 4 rings (SSSR count). The summed E-state index contributed by atoms with van der Waals surface area (Å²) in [6.07, 6.45) is 0. The number of nitrogens with one attached hydrogen (secondary N) is 1. The van der Waals surface area contributed by atoms with E-state index in [9.17, 15) is 14.0 Å². The maximum absolute atomic E-state index is 13.9. The topological polar surface area (TPSA) is 68.3 Å². The summed E-state index contributed by atoms with van der Waals surface area (Å²) in [6.45, 7) is 1.56. The molecule has 3 aromatic carbocycles. The largest absolute Gasteiger partial charge is 0.483 e. The number of nitrogens with zero attached hydrogens (tertiary/aromatic N) is 1. The van der Waals surface area contributed by atoms with E-state index in [-0.39, 0.29) is 18.1 Å². The van der Waals surface area contributed by atoms with Crippen molar-refractivity contribution in [3.63, 3.8) is 0 Å². The fraction of sp³-hybridized carbons (Fsp3) is 0.0800. The molecular weight excluding hydrogens is 427 g/mol. The predicted molar refractivity (Wildman–Crippen MR) is 123 cm³/mol. The van der Waals surface area contributed by atoms with E-state index in [0.29, 0.717) is 22.0 Å². The lowest BCUT2D eigenvalue weighted by Crippen LogP contribution is -2.20. The molecule has 0 aliphatic heterocycles. The summed E-state index contributed by atoms with van der Waals surface area (Å²) in [5.74, 6) is -0.850. The molecule has 0 aliphatic rings. The lowest BCUT2D eigenvalue weighted by Gasteiger charge is -2.10. The normalized spacial score (nSPS) is 10.6. The molecule has 1 heterocycles. The molecule has 1 N–H and O–H groups in total. The van der Waals surface area contributed by atoms with Crippen LogP contribution in [-0.2, 0) is 4.79 Å². The van der Waals surface area contributed by atoms with E-state index in [1.165, 1.54) is 29.5 Å². The Labute approximate surface area is 188 Å². The lowest BCUT2D eigenvalue weighted by molar-refractivity contribution is -0.118. The fourth-order valence-electron chi connectivity index (χ4n) is 3.12. The van der Waals surface area contributed by atoms with Crippen molar-refractivity contribution in [1.82, 2.24) is 4.98 Å². The van der Waals surface area contributed by atoms with Crippen LogP contribution in [0.1, 0.15) is 21.5 Å². The Morgan fingerprint density at radius 2 is 1.78 bits per heavy atom. The van der Waals surface area contributed by atoms with Crippen molar-refractivity contribution in [2.24, 2.45) is 0 Å². The number of hydrogen-bond acceptors (Lipinski definition) is 5. The standard InChI is InChI=1S/C25H19FN2O3S/c1-16-13-18(24(30)19-9-5-6-10-20(19)26)11-12-22(16)31-14-23(29)28-25-27-21(15-32-25)17-7-3-2-4-8-17/h2-13,15H,14H2,1H3,(H,27,28,29). The van der Waals surface area contributed by atoms with E-state index in [0.717, 1.165) is 11.3 Å². The van der Waals surface area contributed by atoms with Crippen molar-refractivity contribution in [2.45, 2.75) is 6.92 Å². The van der Waals surface area contributed by atoms with Gasteiger partial charge in [-0.1, -0.05) is 42.5 Å². The summed E-state index contributed by atoms with van der Waals surface area (Å²) in [7, 11) is 0. The Morgan fingerprint density at radius 1 is 1.03 bits per heavy atom. The van der Waals surface area contributed by atoms with Crippen LogP contribution in [0.2, 0.25) is 0 Å². The Hall–Kier alpha value is -3.84. The quantitative estimate of drug-likeness (QED) is 0.380. The molecule has 0 spiro atoms. The summed E-state index contributed by atoms with van der Waals surface area (Å²) in [5.41, 5.74) is 2.79. The smallest absolute Gasteiger partial charge is 0.264 e. The highest BCUT2D eigenvalue weighted by molar-refractivity contribution is 7.14. The van der Waals surface area contributed by atoms with Crippen molar-refractivity contribution in [3.05, 3.63) is 101 Å². The first-order valence-corrected chi connectivity index (χ1v) is 10.7. The minimum Gasteiger partial charge on any atom is -0.483 e. The van der Waals surface area contributed by atoms with Gasteiger partial charge in [0.05, 0.1) is 11.3 Å². The van der Waals surface area contributed by atoms with Crippen LogP contribution in [0, 0.1) is 12.7 Å². The van der Waals surface area contributed by atoms with Crippen LogP contribution in [0.4, 0.5) is 9.52 Å². The molecule has 1 aromatic heterocycles. The minimum absolute atomic E-state index is 0.0123. The average molecular weight is 447 g/mol. The van der Waals surface area contributed by atoms with Gasteiger partial charge in [0.25, 0.3) is 5.91 Å². The molecular formula is C25H19FN2O3S. The number of hydrogen-bond donors (Lipinski definition) is 1. The van der Waals surface area contributed by atoms with Gasteiger partial charge in [-0.25, -0.2) is 9.37 Å². The Kier molecular flexibility index (Phi) is 6.37. The highest BCUT2D eigenvalue weighted by Gasteiger charge is 2.15. The third-order valence-corrected chi connectivity index (χ3v) is 5.49. The molecule has 0 radical (unpaired) electrons. The molecule has 1 amide bonds. The number of halogens is 1. The van der Waals surface area contributed by atoms with E-state index in [1.54, 1.807) is 31.2 Å². The molecule has 0 saturated heterocycles. The van der Waals surface area contributed by atoms with Gasteiger partial charge in [-0.2, -0.15) is 0 Å². The van der Waals surface area contributed by atoms with Gasteiger partial charge in [0.2, 0.25) is 0 Å². The zero-order valence-electron chi connectivity index (χ0n) is 17.2. The molecule has 0 unspecified atom stereocenters. The number of aryl methyl sites for hydroxylation is 1. The number of ketones is 1. The number of benzene rings is 3. The summed E-state index contributed by atoms with van der Waals surface area (Å²) >= 11 is 1.34. The first-order chi connectivity index (χ1) is 15.5. The number of ether oxygens (including phenoxy) is 1. The number of rotatable bonds is 7. The second-order valence-corrected chi connectivity index (χ2v) is 7.89. The number of carbonyl (C=O) groups excluding carboxylic acids is 2. The number of amides is 1. The molecule has 5 nitrogen and oxygen atoms in total. The molecule has 0 atom stereocenters. The highest BCUT2D eigenvalue weighted by atomic mass is 32.1. The van der Waals surface area contributed by atoms with Crippen molar-refractivity contribution in [2.75, 3.05) is 11.9 Å². The predicted octanol–water partition coefficient (Wildman–Crippen LogP) is 5.51. The van der Waals surface area contributed by atoms with Gasteiger partial charge in [-0.3, -0.25) is 14.9 Å². The van der Waals surface area contributed by atoms with Crippen LogP contribution in [0.5, 0.6) is 5.75 Å².